The number of aliphatic hydroxyl groups is 1. The summed E-state index contributed by atoms with van der Waals surface area (Å²) in [7, 11) is 0. The number of hydrogen-bond donors (Lipinski definition) is 3. The number of aliphatic hydroxyl groups excluding tert-OH is 1. The zero-order chi connectivity index (χ0) is 22.4. The molecule has 1 fully saturated rings. The molecule has 0 radical (unpaired) electrons. The number of anilines is 2. The van der Waals surface area contributed by atoms with Crippen LogP contribution < -0.4 is 5.32 Å². The van der Waals surface area contributed by atoms with E-state index in [-0.39, 0.29) is 24.3 Å². The molecule has 1 saturated heterocycles. The molecule has 8 nitrogen and oxygen atoms in total. The van der Waals surface area contributed by atoms with Gasteiger partial charge in [0, 0.05) is 41.6 Å². The van der Waals surface area contributed by atoms with Crippen LogP contribution in [0.1, 0.15) is 29.7 Å². The number of nitrogens with zero attached hydrogens (tertiary/aromatic N) is 4. The van der Waals surface area contributed by atoms with Gasteiger partial charge in [-0.05, 0) is 61.8 Å². The molecule has 1 amide bonds. The predicted molar refractivity (Wildman–Crippen MR) is 129 cm³/mol. The number of carbonyl (C=O) groups excluding carboxylic acids is 1. The first-order valence-electron chi connectivity index (χ1n) is 11.5. The topological polar surface area (TPSA) is 107 Å². The Bertz CT molecular complexity index is 1330. The van der Waals surface area contributed by atoms with Crippen LogP contribution in [0.2, 0.25) is 0 Å². The van der Waals surface area contributed by atoms with E-state index in [1.54, 1.807) is 17.7 Å². The van der Waals surface area contributed by atoms with Gasteiger partial charge in [-0.15, -0.1) is 11.3 Å². The molecule has 170 valence electrons. The van der Waals surface area contributed by atoms with Gasteiger partial charge in [-0.25, -0.2) is 9.97 Å². The van der Waals surface area contributed by atoms with Crippen LogP contribution >= 0.6 is 11.3 Å². The van der Waals surface area contributed by atoms with Crippen LogP contribution in [0.5, 0.6) is 0 Å². The van der Waals surface area contributed by atoms with Crippen molar-refractivity contribution in [1.29, 1.82) is 0 Å². The molecule has 2 atom stereocenters. The first kappa shape index (κ1) is 20.6. The van der Waals surface area contributed by atoms with Gasteiger partial charge in [-0.1, -0.05) is 0 Å². The van der Waals surface area contributed by atoms with Gasteiger partial charge in [-0.2, -0.15) is 5.10 Å². The van der Waals surface area contributed by atoms with Crippen molar-refractivity contribution < 1.29 is 9.90 Å². The molecule has 1 aliphatic heterocycles. The van der Waals surface area contributed by atoms with Crippen LogP contribution in [0.4, 0.5) is 11.5 Å². The summed E-state index contributed by atoms with van der Waals surface area (Å²) in [6.45, 7) is 1.66. The van der Waals surface area contributed by atoms with Gasteiger partial charge < -0.3 is 15.3 Å². The van der Waals surface area contributed by atoms with Crippen molar-refractivity contribution in [3.8, 4) is 0 Å². The van der Waals surface area contributed by atoms with E-state index in [0.717, 1.165) is 71.3 Å². The van der Waals surface area contributed by atoms with E-state index < -0.39 is 0 Å². The maximum absolute atomic E-state index is 13.2. The summed E-state index contributed by atoms with van der Waals surface area (Å²) in [5, 5.41) is 22.2. The van der Waals surface area contributed by atoms with E-state index in [2.05, 4.69) is 31.5 Å². The lowest BCUT2D eigenvalue weighted by molar-refractivity contribution is -0.138. The Balaban J connectivity index is 1.26. The Morgan fingerprint density at radius 3 is 3.15 bits per heavy atom. The monoisotopic (exact) mass is 462 g/mol. The standard InChI is InChI=1S/C24H26N6O2S/c31-12-14-2-1-7-30(11-14)24(32)15-3-5-18-20(9-15)33-23-21(18)22(25-13-26-23)28-17-4-6-19-16(8-17)10-27-29-19/h4,6,8,10,13-15,31H,1-3,5,7,9,11-12H2,(H,27,29)(H,25,26,28). The number of aromatic amines is 1. The quantitative estimate of drug-likeness (QED) is 0.427. The molecule has 6 rings (SSSR count). The third kappa shape index (κ3) is 3.75. The second-order valence-corrected chi connectivity index (χ2v) is 10.2. The molecule has 9 heteroatoms. The SMILES string of the molecule is O=C(C1CCc2c(sc3ncnc(Nc4ccc5[nH]ncc5c4)c23)C1)N1CCCC(CO)C1. The zero-order valence-corrected chi connectivity index (χ0v) is 19.1. The third-order valence-corrected chi connectivity index (χ3v) is 8.15. The van der Waals surface area contributed by atoms with E-state index >= 15 is 0 Å². The van der Waals surface area contributed by atoms with Crippen LogP contribution in [0.25, 0.3) is 21.1 Å². The number of carbonyl (C=O) groups is 1. The van der Waals surface area contributed by atoms with E-state index in [9.17, 15) is 9.90 Å². The predicted octanol–water partition coefficient (Wildman–Crippen LogP) is 3.65. The molecule has 0 bridgehead atoms. The Labute approximate surface area is 195 Å². The first-order chi connectivity index (χ1) is 16.2. The molecular weight excluding hydrogens is 436 g/mol. The van der Waals surface area contributed by atoms with Gasteiger partial charge >= 0.3 is 0 Å². The summed E-state index contributed by atoms with van der Waals surface area (Å²) in [4.78, 5) is 26.5. The number of benzene rings is 1. The second-order valence-electron chi connectivity index (χ2n) is 9.12. The molecule has 1 aromatic carbocycles. The summed E-state index contributed by atoms with van der Waals surface area (Å²) in [5.74, 6) is 1.29. The highest BCUT2D eigenvalue weighted by molar-refractivity contribution is 7.19. The number of hydrogen-bond acceptors (Lipinski definition) is 7. The molecule has 0 saturated carbocycles. The fraction of sp³-hybridized carbons (Fsp3) is 0.417. The number of piperidine rings is 1. The zero-order valence-electron chi connectivity index (χ0n) is 18.3. The fourth-order valence-corrected chi connectivity index (χ4v) is 6.51. The number of nitrogens with one attached hydrogen (secondary N) is 2. The Kier molecular flexibility index (Phi) is 5.22. The molecule has 33 heavy (non-hydrogen) atoms. The van der Waals surface area contributed by atoms with Gasteiger partial charge in [0.2, 0.25) is 5.91 Å². The number of amides is 1. The summed E-state index contributed by atoms with van der Waals surface area (Å²) < 4.78 is 0. The molecule has 2 aliphatic rings. The van der Waals surface area contributed by atoms with Gasteiger partial charge in [0.1, 0.15) is 17.0 Å². The average molecular weight is 463 g/mol. The van der Waals surface area contributed by atoms with Crippen molar-refractivity contribution in [3.05, 3.63) is 41.2 Å². The number of aromatic nitrogens is 4. The number of aryl methyl sites for hydroxylation is 1. The maximum Gasteiger partial charge on any atom is 0.226 e. The normalized spacial score (nSPS) is 20.8. The molecule has 1 aliphatic carbocycles. The maximum atomic E-state index is 13.2. The number of fused-ring (bicyclic) bond motifs is 4. The molecular formula is C24H26N6O2S. The average Bonchev–Trinajstić information content (AvgIpc) is 3.47. The van der Waals surface area contributed by atoms with Crippen molar-refractivity contribution in [3.63, 3.8) is 0 Å². The third-order valence-electron chi connectivity index (χ3n) is 6.99. The Morgan fingerprint density at radius 2 is 2.24 bits per heavy atom. The second kappa shape index (κ2) is 8.39. The Morgan fingerprint density at radius 1 is 1.30 bits per heavy atom. The van der Waals surface area contributed by atoms with Crippen molar-refractivity contribution in [2.24, 2.45) is 11.8 Å². The number of likely N-dealkylation sites (tertiary alicyclic amines) is 1. The minimum Gasteiger partial charge on any atom is -0.396 e. The lowest BCUT2D eigenvalue weighted by atomic mass is 9.86. The molecule has 4 aromatic rings. The van der Waals surface area contributed by atoms with Gasteiger partial charge in [-0.3, -0.25) is 9.89 Å². The van der Waals surface area contributed by atoms with E-state index in [0.29, 0.717) is 6.54 Å². The smallest absolute Gasteiger partial charge is 0.226 e. The Hall–Kier alpha value is -3.04. The highest BCUT2D eigenvalue weighted by Gasteiger charge is 2.33. The molecule has 3 N–H and O–H groups in total. The van der Waals surface area contributed by atoms with Gasteiger partial charge in [0.25, 0.3) is 0 Å². The summed E-state index contributed by atoms with van der Waals surface area (Å²) >= 11 is 1.68. The van der Waals surface area contributed by atoms with Crippen molar-refractivity contribution in [2.75, 3.05) is 25.0 Å². The van der Waals surface area contributed by atoms with Crippen molar-refractivity contribution in [2.45, 2.75) is 32.1 Å². The van der Waals surface area contributed by atoms with Crippen LogP contribution in [-0.4, -0.2) is 55.8 Å². The first-order valence-corrected chi connectivity index (χ1v) is 12.4. The van der Waals surface area contributed by atoms with Crippen LogP contribution in [0.3, 0.4) is 0 Å². The summed E-state index contributed by atoms with van der Waals surface area (Å²) in [6, 6.07) is 6.07. The number of rotatable bonds is 4. The van der Waals surface area contributed by atoms with Crippen LogP contribution in [0.15, 0.2) is 30.7 Å². The van der Waals surface area contributed by atoms with E-state index in [4.69, 9.17) is 0 Å². The largest absolute Gasteiger partial charge is 0.396 e. The van der Waals surface area contributed by atoms with Gasteiger partial charge in [0.05, 0.1) is 17.1 Å². The van der Waals surface area contributed by atoms with Crippen molar-refractivity contribution in [1.82, 2.24) is 25.1 Å². The number of H-pyrrole nitrogens is 1. The minimum absolute atomic E-state index is 0.0101. The lowest BCUT2D eigenvalue weighted by Crippen LogP contribution is -2.44. The minimum atomic E-state index is 0.0101. The highest BCUT2D eigenvalue weighted by atomic mass is 32.1. The van der Waals surface area contributed by atoms with Crippen molar-refractivity contribution >= 4 is 49.9 Å². The molecule has 2 unspecified atom stereocenters. The fourth-order valence-electron chi connectivity index (χ4n) is 5.25. The molecule has 3 aromatic heterocycles. The van der Waals surface area contributed by atoms with Crippen LogP contribution in [0, 0.1) is 11.8 Å². The molecule has 4 heterocycles. The highest BCUT2D eigenvalue weighted by Crippen LogP contribution is 2.41. The molecule has 0 spiro atoms. The number of thiophene rings is 1. The lowest BCUT2D eigenvalue weighted by Gasteiger charge is -2.35. The van der Waals surface area contributed by atoms with Gasteiger partial charge in [0.15, 0.2) is 0 Å². The summed E-state index contributed by atoms with van der Waals surface area (Å²) in [5.41, 5.74) is 3.23. The summed E-state index contributed by atoms with van der Waals surface area (Å²) in [6.07, 6.45) is 7.86. The van der Waals surface area contributed by atoms with Crippen LogP contribution in [-0.2, 0) is 17.6 Å². The van der Waals surface area contributed by atoms with E-state index in [1.807, 2.05) is 23.2 Å². The van der Waals surface area contributed by atoms with E-state index in [1.165, 1.54) is 10.4 Å².